The Kier molecular flexibility index (Phi) is 6.84. The molecule has 8 heteroatoms. The van der Waals surface area contributed by atoms with Crippen molar-refractivity contribution in [1.29, 1.82) is 0 Å². The fourth-order valence-corrected chi connectivity index (χ4v) is 5.01. The summed E-state index contributed by atoms with van der Waals surface area (Å²) in [6.45, 7) is 2.84. The van der Waals surface area contributed by atoms with Gasteiger partial charge in [-0.05, 0) is 35.7 Å². The molecule has 0 aliphatic carbocycles. The summed E-state index contributed by atoms with van der Waals surface area (Å²) in [4.78, 5) is 13.0. The highest BCUT2D eigenvalue weighted by molar-refractivity contribution is 7.92. The third kappa shape index (κ3) is 5.28. The summed E-state index contributed by atoms with van der Waals surface area (Å²) in [5.74, 6) is 0.684. The van der Waals surface area contributed by atoms with Gasteiger partial charge in [0, 0.05) is 12.6 Å². The molecular formula is C25H26N2O5S. The largest absolute Gasteiger partial charge is 0.486 e. The molecule has 1 heterocycles. The second-order valence-electron chi connectivity index (χ2n) is 7.77. The lowest BCUT2D eigenvalue weighted by Gasteiger charge is -2.26. The number of rotatable bonds is 8. The molecule has 4 rings (SSSR count). The van der Waals surface area contributed by atoms with E-state index in [9.17, 15) is 13.2 Å². The van der Waals surface area contributed by atoms with Crippen molar-refractivity contribution in [3.8, 4) is 11.5 Å². The number of benzene rings is 3. The van der Waals surface area contributed by atoms with Gasteiger partial charge in [-0.2, -0.15) is 0 Å². The van der Waals surface area contributed by atoms with E-state index in [-0.39, 0.29) is 17.4 Å². The monoisotopic (exact) mass is 466 g/mol. The maximum atomic E-state index is 13.5. The first-order valence-electron chi connectivity index (χ1n) is 10.7. The molecule has 3 aromatic rings. The molecule has 1 amide bonds. The molecule has 0 saturated carbocycles. The van der Waals surface area contributed by atoms with Crippen LogP contribution in [0.3, 0.4) is 0 Å². The van der Waals surface area contributed by atoms with Gasteiger partial charge >= 0.3 is 0 Å². The van der Waals surface area contributed by atoms with Gasteiger partial charge < -0.3 is 14.8 Å². The molecule has 0 unspecified atom stereocenters. The van der Waals surface area contributed by atoms with E-state index in [2.05, 4.69) is 5.32 Å². The smallest absolute Gasteiger partial charge is 0.264 e. The molecule has 33 heavy (non-hydrogen) atoms. The van der Waals surface area contributed by atoms with Gasteiger partial charge in [-0.15, -0.1) is 0 Å². The quantitative estimate of drug-likeness (QED) is 0.549. The Labute approximate surface area is 194 Å². The van der Waals surface area contributed by atoms with Crippen molar-refractivity contribution in [2.75, 3.05) is 30.6 Å². The summed E-state index contributed by atoms with van der Waals surface area (Å²) in [5, 5.41) is 2.87. The fraction of sp³-hybridized carbons (Fsp3) is 0.240. The highest BCUT2D eigenvalue weighted by Gasteiger charge is 2.28. The molecule has 0 radical (unpaired) electrons. The van der Waals surface area contributed by atoms with Crippen LogP contribution in [0.1, 0.15) is 18.4 Å². The van der Waals surface area contributed by atoms with Crippen LogP contribution in [0.25, 0.3) is 0 Å². The second-order valence-corrected chi connectivity index (χ2v) is 9.63. The Morgan fingerprint density at radius 1 is 0.939 bits per heavy atom. The van der Waals surface area contributed by atoms with Crippen molar-refractivity contribution in [3.05, 3.63) is 84.4 Å². The van der Waals surface area contributed by atoms with Crippen molar-refractivity contribution in [1.82, 2.24) is 5.32 Å². The van der Waals surface area contributed by atoms with E-state index in [4.69, 9.17) is 9.47 Å². The lowest BCUT2D eigenvalue weighted by atomic mass is 10.0. The van der Waals surface area contributed by atoms with Gasteiger partial charge in [-0.1, -0.05) is 55.5 Å². The number of anilines is 1. The first-order valence-corrected chi connectivity index (χ1v) is 12.2. The van der Waals surface area contributed by atoms with Crippen molar-refractivity contribution < 1.29 is 22.7 Å². The summed E-state index contributed by atoms with van der Waals surface area (Å²) < 4.78 is 39.2. The van der Waals surface area contributed by atoms with Crippen LogP contribution in [0, 0.1) is 0 Å². The average molecular weight is 467 g/mol. The van der Waals surface area contributed by atoms with Gasteiger partial charge in [0.15, 0.2) is 11.5 Å². The first-order chi connectivity index (χ1) is 15.9. The Bertz CT molecular complexity index is 1200. The van der Waals surface area contributed by atoms with Crippen molar-refractivity contribution >= 4 is 21.6 Å². The van der Waals surface area contributed by atoms with E-state index < -0.39 is 15.9 Å². The minimum atomic E-state index is -3.99. The molecule has 0 bridgehead atoms. The number of nitrogens with zero attached hydrogens (tertiary/aromatic N) is 1. The van der Waals surface area contributed by atoms with Crippen LogP contribution in [-0.4, -0.2) is 40.6 Å². The number of hydrogen-bond donors (Lipinski definition) is 1. The van der Waals surface area contributed by atoms with E-state index >= 15 is 0 Å². The molecule has 1 atom stereocenters. The molecule has 1 aliphatic heterocycles. The van der Waals surface area contributed by atoms with Crippen LogP contribution in [0.2, 0.25) is 0 Å². The molecule has 172 valence electrons. The number of carbonyl (C=O) groups excluding carboxylic acids is 1. The predicted octanol–water partition coefficient (Wildman–Crippen LogP) is 3.57. The lowest BCUT2D eigenvalue weighted by molar-refractivity contribution is -0.119. The molecule has 0 fully saturated rings. The number of hydrogen-bond acceptors (Lipinski definition) is 5. The first kappa shape index (κ1) is 22.7. The maximum absolute atomic E-state index is 13.5. The molecule has 1 N–H and O–H groups in total. The molecule has 3 aromatic carbocycles. The standard InChI is InChI=1S/C25H26N2O5S/c1-19(20-8-4-2-5-9-20)17-26-25(28)18-27(33(29,30)22-10-6-3-7-11-22)21-12-13-23-24(16-21)32-15-14-31-23/h2-13,16,19H,14-15,17-18H2,1H3,(H,26,28)/t19-/m1/s1. The van der Waals surface area contributed by atoms with Crippen molar-refractivity contribution in [2.45, 2.75) is 17.7 Å². The van der Waals surface area contributed by atoms with E-state index in [1.54, 1.807) is 36.4 Å². The Morgan fingerprint density at radius 2 is 1.58 bits per heavy atom. The Morgan fingerprint density at radius 3 is 2.27 bits per heavy atom. The molecule has 7 nitrogen and oxygen atoms in total. The zero-order valence-electron chi connectivity index (χ0n) is 18.3. The number of ether oxygens (including phenoxy) is 2. The molecular weight excluding hydrogens is 440 g/mol. The SMILES string of the molecule is C[C@H](CNC(=O)CN(c1ccc2c(c1)OCCO2)S(=O)(=O)c1ccccc1)c1ccccc1. The normalized spacial score (nSPS) is 13.7. The van der Waals surface area contributed by atoms with Crippen molar-refractivity contribution in [2.24, 2.45) is 0 Å². The van der Waals surface area contributed by atoms with Gasteiger partial charge in [0.25, 0.3) is 10.0 Å². The average Bonchev–Trinajstić information content (AvgIpc) is 2.86. The topological polar surface area (TPSA) is 84.9 Å². The van der Waals surface area contributed by atoms with Gasteiger partial charge in [0.05, 0.1) is 10.6 Å². The summed E-state index contributed by atoms with van der Waals surface area (Å²) in [6.07, 6.45) is 0. The van der Waals surface area contributed by atoms with Crippen LogP contribution in [0.5, 0.6) is 11.5 Å². The predicted molar refractivity (Wildman–Crippen MR) is 126 cm³/mol. The lowest BCUT2D eigenvalue weighted by Crippen LogP contribution is -2.41. The Hall–Kier alpha value is -3.52. The van der Waals surface area contributed by atoms with Crippen LogP contribution >= 0.6 is 0 Å². The van der Waals surface area contributed by atoms with E-state index in [0.29, 0.717) is 36.9 Å². The molecule has 0 saturated heterocycles. The third-order valence-corrected chi connectivity index (χ3v) is 7.19. The van der Waals surface area contributed by atoms with Crippen LogP contribution in [0.4, 0.5) is 5.69 Å². The zero-order valence-corrected chi connectivity index (χ0v) is 19.1. The molecule has 0 spiro atoms. The van der Waals surface area contributed by atoms with Crippen LogP contribution in [-0.2, 0) is 14.8 Å². The maximum Gasteiger partial charge on any atom is 0.264 e. The molecule has 1 aliphatic rings. The Balaban J connectivity index is 1.57. The van der Waals surface area contributed by atoms with Crippen LogP contribution < -0.4 is 19.1 Å². The number of fused-ring (bicyclic) bond motifs is 1. The zero-order chi connectivity index (χ0) is 23.3. The second kappa shape index (κ2) is 9.95. The summed E-state index contributed by atoms with van der Waals surface area (Å²) >= 11 is 0. The number of carbonyl (C=O) groups is 1. The van der Waals surface area contributed by atoms with Crippen molar-refractivity contribution in [3.63, 3.8) is 0 Å². The third-order valence-electron chi connectivity index (χ3n) is 5.41. The van der Waals surface area contributed by atoms with E-state index in [1.165, 1.54) is 12.1 Å². The number of nitrogens with one attached hydrogen (secondary N) is 1. The van der Waals surface area contributed by atoms with Crippen LogP contribution in [0.15, 0.2) is 83.8 Å². The minimum Gasteiger partial charge on any atom is -0.486 e. The summed E-state index contributed by atoms with van der Waals surface area (Å²) in [6, 6.07) is 22.8. The van der Waals surface area contributed by atoms with Gasteiger partial charge in [0.1, 0.15) is 19.8 Å². The molecule has 0 aromatic heterocycles. The fourth-order valence-electron chi connectivity index (χ4n) is 3.57. The van der Waals surface area contributed by atoms with Gasteiger partial charge in [0.2, 0.25) is 5.91 Å². The number of sulfonamides is 1. The number of amides is 1. The minimum absolute atomic E-state index is 0.0867. The van der Waals surface area contributed by atoms with E-state index in [0.717, 1.165) is 9.87 Å². The summed E-state index contributed by atoms with van der Waals surface area (Å²) in [7, 11) is -3.99. The highest BCUT2D eigenvalue weighted by Crippen LogP contribution is 2.35. The highest BCUT2D eigenvalue weighted by atomic mass is 32.2. The summed E-state index contributed by atoms with van der Waals surface area (Å²) in [5.41, 5.74) is 1.42. The van der Waals surface area contributed by atoms with E-state index in [1.807, 2.05) is 37.3 Å². The van der Waals surface area contributed by atoms with Gasteiger partial charge in [-0.3, -0.25) is 9.10 Å². The van der Waals surface area contributed by atoms with Gasteiger partial charge in [-0.25, -0.2) is 8.42 Å².